The Morgan fingerprint density at radius 1 is 0.739 bits per heavy atom. The maximum absolute atomic E-state index is 6.41. The topological polar surface area (TPSA) is 52.0 Å². The van der Waals surface area contributed by atoms with Crippen molar-refractivity contribution in [1.29, 1.82) is 0 Å². The molecule has 0 fully saturated rings. The molecule has 124 valence electrons. The zero-order valence-corrected chi connectivity index (χ0v) is 16.1. The van der Waals surface area contributed by atoms with Crippen molar-refractivity contribution in [3.63, 3.8) is 0 Å². The molecule has 0 heterocycles. The first-order valence-corrected chi connectivity index (χ1v) is 8.92. The Labute approximate surface area is 152 Å². The van der Waals surface area contributed by atoms with E-state index in [1.54, 1.807) is 11.8 Å². The number of thioether (sulfide) groups is 1. The molecule has 0 atom stereocenters. The van der Waals surface area contributed by atoms with Crippen LogP contribution in [0.4, 0.5) is 11.4 Å². The van der Waals surface area contributed by atoms with Crippen LogP contribution < -0.4 is 11.5 Å². The molecule has 0 radical (unpaired) electrons. The third-order valence-electron chi connectivity index (χ3n) is 3.81. The molecule has 0 bridgehead atoms. The van der Waals surface area contributed by atoms with E-state index in [0.717, 1.165) is 11.1 Å². The molecule has 0 aliphatic rings. The van der Waals surface area contributed by atoms with Gasteiger partial charge in [0.05, 0.1) is 0 Å². The summed E-state index contributed by atoms with van der Waals surface area (Å²) in [4.78, 5) is 0. The predicted octanol–water partition coefficient (Wildman–Crippen LogP) is 6.06. The summed E-state index contributed by atoms with van der Waals surface area (Å²) in [6, 6.07) is 11.2. The van der Waals surface area contributed by atoms with Crippen molar-refractivity contribution >= 4 is 46.3 Å². The molecule has 2 nitrogen and oxygen atoms in total. The summed E-state index contributed by atoms with van der Waals surface area (Å²) < 4.78 is -0.616. The van der Waals surface area contributed by atoms with Crippen LogP contribution in [0, 0.1) is 0 Å². The molecule has 0 saturated heterocycles. The van der Waals surface area contributed by atoms with Crippen LogP contribution in [0.15, 0.2) is 36.4 Å². The molecule has 5 heteroatoms. The van der Waals surface area contributed by atoms with E-state index < -0.39 is 0 Å². The highest BCUT2D eigenvalue weighted by molar-refractivity contribution is 8.01. The van der Waals surface area contributed by atoms with Gasteiger partial charge in [0, 0.05) is 42.0 Å². The smallest absolute Gasteiger partial charge is 0.0472 e. The van der Waals surface area contributed by atoms with Crippen molar-refractivity contribution in [2.45, 2.75) is 37.2 Å². The highest BCUT2D eigenvalue weighted by Crippen LogP contribution is 2.53. The van der Waals surface area contributed by atoms with Crippen molar-refractivity contribution in [3.05, 3.63) is 57.6 Å². The Kier molecular flexibility index (Phi) is 5.15. The Bertz CT molecular complexity index is 625. The molecule has 0 aliphatic heterocycles. The van der Waals surface area contributed by atoms with Crippen molar-refractivity contribution in [3.8, 4) is 0 Å². The molecule has 23 heavy (non-hydrogen) atoms. The maximum Gasteiger partial charge on any atom is 0.0472 e. The first-order chi connectivity index (χ1) is 10.6. The van der Waals surface area contributed by atoms with E-state index in [1.165, 1.54) is 0 Å². The van der Waals surface area contributed by atoms with Gasteiger partial charge in [0.15, 0.2) is 0 Å². The zero-order valence-electron chi connectivity index (χ0n) is 13.8. The second kappa shape index (κ2) is 6.46. The minimum absolute atomic E-state index is 0.308. The summed E-state index contributed by atoms with van der Waals surface area (Å²) in [6.07, 6.45) is 0. The Balaban J connectivity index is 2.47. The summed E-state index contributed by atoms with van der Waals surface area (Å²) >= 11 is 14.6. The molecule has 0 spiro atoms. The fraction of sp³-hybridized carbons (Fsp3) is 0.333. The summed E-state index contributed by atoms with van der Waals surface area (Å²) in [5, 5.41) is 1.34. The number of anilines is 2. The van der Waals surface area contributed by atoms with Crippen LogP contribution in [0.3, 0.4) is 0 Å². The number of hydrogen-bond acceptors (Lipinski definition) is 3. The molecule has 2 rings (SSSR count). The van der Waals surface area contributed by atoms with E-state index in [0.29, 0.717) is 21.4 Å². The number of rotatable bonds is 4. The van der Waals surface area contributed by atoms with Crippen LogP contribution in [0.2, 0.25) is 10.0 Å². The quantitative estimate of drug-likeness (QED) is 0.644. The summed E-state index contributed by atoms with van der Waals surface area (Å²) in [7, 11) is 0. The molecule has 0 saturated carbocycles. The largest absolute Gasteiger partial charge is 0.398 e. The van der Waals surface area contributed by atoms with E-state index in [1.807, 2.05) is 36.4 Å². The highest BCUT2D eigenvalue weighted by Gasteiger charge is 2.36. The van der Waals surface area contributed by atoms with Crippen LogP contribution in [-0.4, -0.2) is 0 Å². The van der Waals surface area contributed by atoms with Gasteiger partial charge in [0.2, 0.25) is 0 Å². The van der Waals surface area contributed by atoms with E-state index in [9.17, 15) is 0 Å². The molecule has 2 aromatic carbocycles. The molecular formula is C18H22Cl2N2S. The fourth-order valence-electron chi connectivity index (χ4n) is 3.09. The Morgan fingerprint density at radius 2 is 1.09 bits per heavy atom. The van der Waals surface area contributed by atoms with Crippen LogP contribution in [0.25, 0.3) is 0 Å². The highest BCUT2D eigenvalue weighted by atomic mass is 35.5. The lowest BCUT2D eigenvalue weighted by atomic mass is 9.99. The zero-order chi connectivity index (χ0) is 17.4. The van der Waals surface area contributed by atoms with Gasteiger partial charge in [0.25, 0.3) is 0 Å². The van der Waals surface area contributed by atoms with Crippen LogP contribution in [-0.2, 0) is 9.49 Å². The lowest BCUT2D eigenvalue weighted by Gasteiger charge is -2.37. The van der Waals surface area contributed by atoms with Crippen LogP contribution in [0.1, 0.15) is 38.8 Å². The average molecular weight is 369 g/mol. The van der Waals surface area contributed by atoms with Gasteiger partial charge < -0.3 is 11.5 Å². The first-order valence-electron chi connectivity index (χ1n) is 7.35. The van der Waals surface area contributed by atoms with Gasteiger partial charge in [-0.1, -0.05) is 35.3 Å². The molecule has 0 aliphatic carbocycles. The molecule has 0 amide bonds. The van der Waals surface area contributed by atoms with Gasteiger partial charge in [-0.15, -0.1) is 11.8 Å². The van der Waals surface area contributed by atoms with Crippen molar-refractivity contribution in [1.82, 2.24) is 0 Å². The lowest BCUT2D eigenvalue weighted by Crippen LogP contribution is -2.25. The van der Waals surface area contributed by atoms with Crippen LogP contribution >= 0.6 is 35.0 Å². The van der Waals surface area contributed by atoms with Gasteiger partial charge >= 0.3 is 0 Å². The summed E-state index contributed by atoms with van der Waals surface area (Å²) in [5.41, 5.74) is 15.6. The maximum atomic E-state index is 6.41. The SMILES string of the molecule is CC(C)(SC(C)(C)c1c(N)cccc1Cl)c1c(N)cccc1Cl. The minimum atomic E-state index is -0.308. The molecule has 0 aromatic heterocycles. The van der Waals surface area contributed by atoms with Gasteiger partial charge in [-0.2, -0.15) is 0 Å². The normalized spacial score (nSPS) is 12.4. The Morgan fingerprint density at radius 3 is 1.39 bits per heavy atom. The molecule has 4 N–H and O–H groups in total. The first kappa shape index (κ1) is 18.3. The van der Waals surface area contributed by atoms with Gasteiger partial charge in [-0.05, 0) is 52.0 Å². The molecule has 0 unspecified atom stereocenters. The van der Waals surface area contributed by atoms with Gasteiger partial charge in [-0.3, -0.25) is 0 Å². The number of benzene rings is 2. The second-order valence-electron chi connectivity index (χ2n) is 6.53. The van der Waals surface area contributed by atoms with E-state index in [2.05, 4.69) is 27.7 Å². The van der Waals surface area contributed by atoms with Gasteiger partial charge in [-0.25, -0.2) is 0 Å². The van der Waals surface area contributed by atoms with Crippen molar-refractivity contribution < 1.29 is 0 Å². The Hall–Kier alpha value is -1.03. The monoisotopic (exact) mass is 368 g/mol. The predicted molar refractivity (Wildman–Crippen MR) is 105 cm³/mol. The number of nitrogen functional groups attached to an aromatic ring is 2. The number of nitrogens with two attached hydrogens (primary N) is 2. The average Bonchev–Trinajstić information content (AvgIpc) is 2.35. The van der Waals surface area contributed by atoms with Crippen LogP contribution in [0.5, 0.6) is 0 Å². The number of halogens is 2. The second-order valence-corrected chi connectivity index (χ2v) is 9.59. The molecular weight excluding hydrogens is 347 g/mol. The summed E-state index contributed by atoms with van der Waals surface area (Å²) in [5.74, 6) is 0. The van der Waals surface area contributed by atoms with Crippen molar-refractivity contribution in [2.24, 2.45) is 0 Å². The fourth-order valence-corrected chi connectivity index (χ4v) is 5.98. The standard InChI is InChI=1S/C18H22Cl2N2S/c1-17(2,15-11(19)7-5-9-13(15)21)23-18(3,4)16-12(20)8-6-10-14(16)22/h5-10H,21-22H2,1-4H3. The molecule has 2 aromatic rings. The van der Waals surface area contributed by atoms with E-state index in [4.69, 9.17) is 34.7 Å². The van der Waals surface area contributed by atoms with Gasteiger partial charge in [0.1, 0.15) is 0 Å². The number of hydrogen-bond donors (Lipinski definition) is 2. The van der Waals surface area contributed by atoms with E-state index >= 15 is 0 Å². The minimum Gasteiger partial charge on any atom is -0.398 e. The third-order valence-corrected chi connectivity index (χ3v) is 5.86. The lowest BCUT2D eigenvalue weighted by molar-refractivity contribution is 0.720. The van der Waals surface area contributed by atoms with Crippen molar-refractivity contribution in [2.75, 3.05) is 11.5 Å². The third kappa shape index (κ3) is 3.73. The van der Waals surface area contributed by atoms with E-state index in [-0.39, 0.29) is 9.49 Å². The summed E-state index contributed by atoms with van der Waals surface area (Å²) in [6.45, 7) is 8.46.